The highest BCUT2D eigenvalue weighted by Crippen LogP contribution is 2.15. The molecule has 0 aromatic carbocycles. The van der Waals surface area contributed by atoms with Crippen LogP contribution in [0.3, 0.4) is 0 Å². The van der Waals surface area contributed by atoms with Crippen LogP contribution in [0.15, 0.2) is 0 Å². The molecule has 0 saturated carbocycles. The number of carbonyl (C=O) groups is 1. The van der Waals surface area contributed by atoms with Crippen LogP contribution in [0.25, 0.3) is 0 Å². The topological polar surface area (TPSA) is 41.6 Å². The predicted octanol–water partition coefficient (Wildman–Crippen LogP) is 2.00. The molecule has 0 radical (unpaired) electrons. The van der Waals surface area contributed by atoms with E-state index in [1.807, 2.05) is 20.8 Å². The second-order valence-corrected chi connectivity index (χ2v) is 5.67. The molecule has 1 heterocycles. The summed E-state index contributed by atoms with van der Waals surface area (Å²) in [6.45, 7) is 8.06. The van der Waals surface area contributed by atoms with Crippen LogP contribution in [0.4, 0.5) is 4.79 Å². The average Bonchev–Trinajstić information content (AvgIpc) is 2.71. The molecule has 18 heavy (non-hydrogen) atoms. The standard InChI is InChI=1S/C14H24N2O2/c1-5-6-7-9-15-12-8-10-16(11-12)13(17)18-14(2,3)4/h1,12,15H,6-11H2,2-4H3. The highest BCUT2D eigenvalue weighted by Gasteiger charge is 2.29. The number of rotatable bonds is 4. The van der Waals surface area contributed by atoms with Crippen molar-refractivity contribution in [2.24, 2.45) is 0 Å². The molecule has 1 aliphatic heterocycles. The van der Waals surface area contributed by atoms with E-state index in [1.165, 1.54) is 0 Å². The number of nitrogens with one attached hydrogen (secondary N) is 1. The van der Waals surface area contributed by atoms with Gasteiger partial charge in [-0.3, -0.25) is 0 Å². The first-order valence-electron chi connectivity index (χ1n) is 6.57. The number of carbonyl (C=O) groups excluding carboxylic acids is 1. The van der Waals surface area contributed by atoms with Gasteiger partial charge >= 0.3 is 6.09 Å². The second kappa shape index (κ2) is 6.65. The van der Waals surface area contributed by atoms with Gasteiger partial charge in [0, 0.05) is 25.6 Å². The largest absolute Gasteiger partial charge is 0.444 e. The number of nitrogens with zero attached hydrogens (tertiary/aromatic N) is 1. The Morgan fingerprint density at radius 1 is 1.56 bits per heavy atom. The van der Waals surface area contributed by atoms with E-state index >= 15 is 0 Å². The van der Waals surface area contributed by atoms with Gasteiger partial charge in [-0.25, -0.2) is 4.79 Å². The number of likely N-dealkylation sites (tertiary alicyclic amines) is 1. The van der Waals surface area contributed by atoms with Crippen molar-refractivity contribution in [3.63, 3.8) is 0 Å². The Hall–Kier alpha value is -1.21. The molecular formula is C14H24N2O2. The lowest BCUT2D eigenvalue weighted by molar-refractivity contribution is 0.0291. The first-order chi connectivity index (χ1) is 8.42. The molecule has 1 fully saturated rings. The fourth-order valence-electron chi connectivity index (χ4n) is 1.92. The van der Waals surface area contributed by atoms with Gasteiger partial charge in [0.2, 0.25) is 0 Å². The molecule has 0 spiro atoms. The molecule has 1 saturated heterocycles. The second-order valence-electron chi connectivity index (χ2n) is 5.67. The number of hydrogen-bond acceptors (Lipinski definition) is 3. The summed E-state index contributed by atoms with van der Waals surface area (Å²) in [6.07, 6.45) is 7.75. The highest BCUT2D eigenvalue weighted by atomic mass is 16.6. The number of amides is 1. The predicted molar refractivity (Wildman–Crippen MR) is 72.3 cm³/mol. The van der Waals surface area contributed by atoms with Gasteiger partial charge < -0.3 is 15.0 Å². The molecule has 1 N–H and O–H groups in total. The molecule has 1 unspecified atom stereocenters. The van der Waals surface area contributed by atoms with Gasteiger partial charge in [0.15, 0.2) is 0 Å². The number of hydrogen-bond donors (Lipinski definition) is 1. The molecular weight excluding hydrogens is 228 g/mol. The van der Waals surface area contributed by atoms with Gasteiger partial charge in [-0.1, -0.05) is 0 Å². The highest BCUT2D eigenvalue weighted by molar-refractivity contribution is 5.68. The summed E-state index contributed by atoms with van der Waals surface area (Å²) >= 11 is 0. The first kappa shape index (κ1) is 14.8. The smallest absolute Gasteiger partial charge is 0.410 e. The lowest BCUT2D eigenvalue weighted by atomic mass is 10.2. The maximum Gasteiger partial charge on any atom is 0.410 e. The lowest BCUT2D eigenvalue weighted by Crippen LogP contribution is -2.38. The number of unbranched alkanes of at least 4 members (excludes halogenated alkanes) is 1. The van der Waals surface area contributed by atoms with Crippen LogP contribution in [0.1, 0.15) is 40.0 Å². The monoisotopic (exact) mass is 252 g/mol. The Kier molecular flexibility index (Phi) is 5.49. The van der Waals surface area contributed by atoms with Gasteiger partial charge in [0.1, 0.15) is 5.60 Å². The minimum atomic E-state index is -0.421. The summed E-state index contributed by atoms with van der Waals surface area (Å²) in [5.74, 6) is 2.62. The van der Waals surface area contributed by atoms with Crippen molar-refractivity contribution in [3.05, 3.63) is 0 Å². The summed E-state index contributed by atoms with van der Waals surface area (Å²) in [6, 6.07) is 0.371. The number of terminal acetylenes is 1. The summed E-state index contributed by atoms with van der Waals surface area (Å²) in [5.41, 5.74) is -0.421. The van der Waals surface area contributed by atoms with E-state index in [0.717, 1.165) is 38.9 Å². The maximum absolute atomic E-state index is 11.8. The minimum absolute atomic E-state index is 0.213. The van der Waals surface area contributed by atoms with Gasteiger partial charge in [0.05, 0.1) is 0 Å². The molecule has 0 bridgehead atoms. The average molecular weight is 252 g/mol. The van der Waals surface area contributed by atoms with Crippen molar-refractivity contribution in [1.82, 2.24) is 10.2 Å². The van der Waals surface area contributed by atoms with E-state index in [-0.39, 0.29) is 6.09 Å². The Morgan fingerprint density at radius 2 is 2.28 bits per heavy atom. The third-order valence-electron chi connectivity index (χ3n) is 2.77. The quantitative estimate of drug-likeness (QED) is 0.614. The molecule has 0 aliphatic carbocycles. The normalized spacial score (nSPS) is 19.7. The Morgan fingerprint density at radius 3 is 2.89 bits per heavy atom. The van der Waals surface area contributed by atoms with E-state index in [2.05, 4.69) is 11.2 Å². The molecule has 1 rings (SSSR count). The van der Waals surface area contributed by atoms with Gasteiger partial charge in [0.25, 0.3) is 0 Å². The zero-order valence-corrected chi connectivity index (χ0v) is 11.7. The number of ether oxygens (including phenoxy) is 1. The Balaban J connectivity index is 2.24. The van der Waals surface area contributed by atoms with Gasteiger partial charge in [-0.05, 0) is 40.2 Å². The molecule has 0 aromatic rings. The van der Waals surface area contributed by atoms with E-state index in [4.69, 9.17) is 11.2 Å². The zero-order valence-electron chi connectivity index (χ0n) is 11.7. The minimum Gasteiger partial charge on any atom is -0.444 e. The van der Waals surface area contributed by atoms with Crippen molar-refractivity contribution < 1.29 is 9.53 Å². The molecule has 102 valence electrons. The third-order valence-corrected chi connectivity index (χ3v) is 2.77. The fraction of sp³-hybridized carbons (Fsp3) is 0.786. The van der Waals surface area contributed by atoms with Crippen LogP contribution in [-0.2, 0) is 4.74 Å². The molecule has 1 aliphatic rings. The van der Waals surface area contributed by atoms with E-state index in [9.17, 15) is 4.79 Å². The van der Waals surface area contributed by atoms with Gasteiger partial charge in [-0.15, -0.1) is 12.3 Å². The van der Waals surface area contributed by atoms with E-state index in [1.54, 1.807) is 4.90 Å². The molecule has 4 heteroatoms. The van der Waals surface area contributed by atoms with Crippen molar-refractivity contribution in [2.75, 3.05) is 19.6 Å². The van der Waals surface area contributed by atoms with E-state index in [0.29, 0.717) is 6.04 Å². The van der Waals surface area contributed by atoms with Crippen molar-refractivity contribution in [1.29, 1.82) is 0 Å². The molecule has 1 atom stereocenters. The summed E-state index contributed by atoms with van der Waals surface area (Å²) in [7, 11) is 0. The van der Waals surface area contributed by atoms with Crippen molar-refractivity contribution in [3.8, 4) is 12.3 Å². The molecule has 1 amide bonds. The van der Waals surface area contributed by atoms with Crippen LogP contribution in [0.5, 0.6) is 0 Å². The fourth-order valence-corrected chi connectivity index (χ4v) is 1.92. The van der Waals surface area contributed by atoms with E-state index < -0.39 is 5.60 Å². The summed E-state index contributed by atoms with van der Waals surface area (Å²) < 4.78 is 5.35. The van der Waals surface area contributed by atoms with Crippen LogP contribution < -0.4 is 5.32 Å². The molecule has 0 aromatic heterocycles. The summed E-state index contributed by atoms with van der Waals surface area (Å²) in [5, 5.41) is 3.42. The van der Waals surface area contributed by atoms with Gasteiger partial charge in [-0.2, -0.15) is 0 Å². The van der Waals surface area contributed by atoms with Crippen LogP contribution >= 0.6 is 0 Å². The van der Waals surface area contributed by atoms with Crippen LogP contribution in [-0.4, -0.2) is 42.3 Å². The maximum atomic E-state index is 11.8. The zero-order chi connectivity index (χ0) is 13.6. The van der Waals surface area contributed by atoms with Crippen molar-refractivity contribution >= 4 is 6.09 Å². The van der Waals surface area contributed by atoms with Crippen LogP contribution in [0, 0.1) is 12.3 Å². The van der Waals surface area contributed by atoms with Crippen molar-refractivity contribution in [2.45, 2.75) is 51.7 Å². The Labute approximate surface area is 110 Å². The molecule has 4 nitrogen and oxygen atoms in total. The lowest BCUT2D eigenvalue weighted by Gasteiger charge is -2.24. The third kappa shape index (κ3) is 5.42. The SMILES string of the molecule is C#CCCCNC1CCN(C(=O)OC(C)(C)C)C1. The Bertz CT molecular complexity index is 315. The first-order valence-corrected chi connectivity index (χ1v) is 6.57. The summed E-state index contributed by atoms with van der Waals surface area (Å²) in [4.78, 5) is 13.6. The van der Waals surface area contributed by atoms with Crippen LogP contribution in [0.2, 0.25) is 0 Å².